The summed E-state index contributed by atoms with van der Waals surface area (Å²) >= 11 is 0. The Morgan fingerprint density at radius 3 is 2.64 bits per heavy atom. The number of likely N-dealkylation sites (tertiary alicyclic amines) is 1. The summed E-state index contributed by atoms with van der Waals surface area (Å²) in [5, 5.41) is 0. The second kappa shape index (κ2) is 5.97. The molecule has 1 amide bonds. The van der Waals surface area contributed by atoms with E-state index in [4.69, 9.17) is 4.74 Å². The van der Waals surface area contributed by atoms with Crippen LogP contribution in [0, 0.1) is 34.5 Å². The quantitative estimate of drug-likeness (QED) is 0.736. The lowest BCUT2D eigenvalue weighted by atomic mass is 9.44. The average molecular weight is 348 g/mol. The van der Waals surface area contributed by atoms with Gasteiger partial charge in [0.2, 0.25) is 5.91 Å². The lowest BCUT2D eigenvalue weighted by molar-refractivity contribution is -0.206. The van der Waals surface area contributed by atoms with Gasteiger partial charge in [0.15, 0.2) is 0 Å². The topological polar surface area (TPSA) is 29.5 Å². The van der Waals surface area contributed by atoms with Gasteiger partial charge in [0.1, 0.15) is 0 Å². The van der Waals surface area contributed by atoms with Crippen LogP contribution in [-0.4, -0.2) is 36.6 Å². The van der Waals surface area contributed by atoms with Crippen molar-refractivity contribution in [3.8, 4) is 0 Å². The molecule has 0 radical (unpaired) electrons. The molecule has 4 rings (SSSR count). The molecule has 8 atom stereocenters. The molecule has 142 valence electrons. The molecular weight excluding hydrogens is 310 g/mol. The highest BCUT2D eigenvalue weighted by atomic mass is 16.5. The third-order valence-electron chi connectivity index (χ3n) is 9.12. The van der Waals surface area contributed by atoms with Crippen molar-refractivity contribution in [2.75, 3.05) is 13.7 Å². The Kier molecular flexibility index (Phi) is 4.26. The number of carbonyl (C=O) groups is 1. The van der Waals surface area contributed by atoms with Crippen molar-refractivity contribution in [1.29, 1.82) is 0 Å². The first kappa shape index (κ1) is 17.8. The van der Waals surface area contributed by atoms with E-state index in [1.54, 1.807) is 0 Å². The molecule has 4 fully saturated rings. The summed E-state index contributed by atoms with van der Waals surface area (Å²) < 4.78 is 6.39. The van der Waals surface area contributed by atoms with Gasteiger partial charge in [0.25, 0.3) is 0 Å². The second-order valence-corrected chi connectivity index (χ2v) is 10.1. The van der Waals surface area contributed by atoms with Crippen molar-refractivity contribution in [3.63, 3.8) is 0 Å². The molecule has 0 bridgehead atoms. The maximum absolute atomic E-state index is 12.5. The number of rotatable bonds is 2. The van der Waals surface area contributed by atoms with E-state index in [2.05, 4.69) is 32.6 Å². The van der Waals surface area contributed by atoms with E-state index in [1.807, 2.05) is 7.05 Å². The average Bonchev–Trinajstić information content (AvgIpc) is 2.97. The van der Waals surface area contributed by atoms with Gasteiger partial charge in [0, 0.05) is 20.1 Å². The Morgan fingerprint density at radius 2 is 1.92 bits per heavy atom. The summed E-state index contributed by atoms with van der Waals surface area (Å²) in [6.07, 6.45) is 8.98. The number of nitrogens with zero attached hydrogens (tertiary/aromatic N) is 1. The van der Waals surface area contributed by atoms with Gasteiger partial charge in [0.05, 0.1) is 12.1 Å². The molecule has 0 N–H and O–H groups in total. The SMILES string of the molecule is CCO[C@@H]1[C@H](C)[C@H]2[C@@H]3CCC[C@@]3(C)CC[C@@H]2[C@@]2(C)CCC(=O)N(C)[C@H]12. The number of hydrogen-bond acceptors (Lipinski definition) is 2. The Balaban J connectivity index is 1.76. The molecular formula is C22H37NO2. The molecule has 0 aromatic heterocycles. The van der Waals surface area contributed by atoms with Crippen LogP contribution >= 0.6 is 0 Å². The van der Waals surface area contributed by atoms with Crippen LogP contribution in [0.4, 0.5) is 0 Å². The second-order valence-electron chi connectivity index (χ2n) is 10.1. The number of hydrogen-bond donors (Lipinski definition) is 0. The van der Waals surface area contributed by atoms with Crippen molar-refractivity contribution in [3.05, 3.63) is 0 Å². The van der Waals surface area contributed by atoms with Crippen LogP contribution in [0.25, 0.3) is 0 Å². The van der Waals surface area contributed by atoms with E-state index >= 15 is 0 Å². The van der Waals surface area contributed by atoms with Crippen molar-refractivity contribution < 1.29 is 9.53 Å². The van der Waals surface area contributed by atoms with Crippen LogP contribution in [-0.2, 0) is 9.53 Å². The highest BCUT2D eigenvalue weighted by Gasteiger charge is 2.64. The lowest BCUT2D eigenvalue weighted by Crippen LogP contribution is -2.69. The van der Waals surface area contributed by atoms with Gasteiger partial charge in [-0.05, 0) is 73.5 Å². The van der Waals surface area contributed by atoms with E-state index < -0.39 is 0 Å². The van der Waals surface area contributed by atoms with Crippen molar-refractivity contribution in [2.24, 2.45) is 34.5 Å². The molecule has 3 nitrogen and oxygen atoms in total. The van der Waals surface area contributed by atoms with E-state index in [1.165, 1.54) is 32.1 Å². The number of ether oxygens (including phenoxy) is 1. The first-order valence-electron chi connectivity index (χ1n) is 10.7. The van der Waals surface area contributed by atoms with Gasteiger partial charge in [-0.25, -0.2) is 0 Å². The first-order valence-corrected chi connectivity index (χ1v) is 10.7. The zero-order valence-electron chi connectivity index (χ0n) is 16.9. The Hall–Kier alpha value is -0.570. The van der Waals surface area contributed by atoms with Crippen molar-refractivity contribution in [1.82, 2.24) is 4.90 Å². The highest BCUT2D eigenvalue weighted by Crippen LogP contribution is 2.66. The molecule has 0 aromatic carbocycles. The lowest BCUT2D eigenvalue weighted by Gasteiger charge is -2.65. The van der Waals surface area contributed by atoms with Crippen molar-refractivity contribution >= 4 is 5.91 Å². The molecule has 3 heteroatoms. The first-order chi connectivity index (χ1) is 11.8. The van der Waals surface area contributed by atoms with Gasteiger partial charge < -0.3 is 9.64 Å². The number of amides is 1. The van der Waals surface area contributed by atoms with Gasteiger partial charge in [-0.15, -0.1) is 0 Å². The number of carbonyl (C=O) groups excluding carboxylic acids is 1. The fraction of sp³-hybridized carbons (Fsp3) is 0.955. The minimum Gasteiger partial charge on any atom is -0.376 e. The molecule has 1 saturated heterocycles. The van der Waals surface area contributed by atoms with E-state index in [0.29, 0.717) is 17.2 Å². The summed E-state index contributed by atoms with van der Waals surface area (Å²) in [6, 6.07) is 0.260. The maximum Gasteiger partial charge on any atom is 0.222 e. The summed E-state index contributed by atoms with van der Waals surface area (Å²) in [5.74, 6) is 3.28. The zero-order valence-corrected chi connectivity index (χ0v) is 16.9. The monoisotopic (exact) mass is 347 g/mol. The third-order valence-corrected chi connectivity index (χ3v) is 9.12. The summed E-state index contributed by atoms with van der Waals surface area (Å²) in [4.78, 5) is 14.6. The normalized spacial score (nSPS) is 52.5. The fourth-order valence-electron chi connectivity index (χ4n) is 7.93. The molecule has 3 aliphatic carbocycles. The zero-order chi connectivity index (χ0) is 18.0. The summed E-state index contributed by atoms with van der Waals surface area (Å²) in [5.41, 5.74) is 0.787. The van der Waals surface area contributed by atoms with Gasteiger partial charge in [-0.2, -0.15) is 0 Å². The van der Waals surface area contributed by atoms with Crippen LogP contribution in [0.15, 0.2) is 0 Å². The molecule has 0 spiro atoms. The fourth-order valence-corrected chi connectivity index (χ4v) is 7.93. The van der Waals surface area contributed by atoms with E-state index in [9.17, 15) is 4.79 Å². The molecule has 0 unspecified atom stereocenters. The van der Waals surface area contributed by atoms with Gasteiger partial charge in [-0.3, -0.25) is 4.79 Å². The van der Waals surface area contributed by atoms with Crippen LogP contribution in [0.5, 0.6) is 0 Å². The third kappa shape index (κ3) is 2.37. The van der Waals surface area contributed by atoms with Crippen LogP contribution < -0.4 is 0 Å². The van der Waals surface area contributed by atoms with Gasteiger partial charge >= 0.3 is 0 Å². The number of likely N-dealkylation sites (N-methyl/N-ethyl adjacent to an activating group) is 1. The number of fused-ring (bicyclic) bond motifs is 5. The molecule has 25 heavy (non-hydrogen) atoms. The minimum atomic E-state index is 0.202. The standard InChI is InChI=1S/C22H37NO2/c1-6-25-19-14(2)18-15-8-7-11-21(15,3)12-9-16(18)22(4)13-10-17(24)23(5)20(19)22/h14-16,18-20H,6-13H2,1-5H3/t14-,15+,16+,18+,19-,20-,21+,22-/m1/s1. The molecule has 1 aliphatic heterocycles. The molecule has 3 saturated carbocycles. The van der Waals surface area contributed by atoms with Crippen molar-refractivity contribution in [2.45, 2.75) is 84.8 Å². The Bertz CT molecular complexity index is 548. The Morgan fingerprint density at radius 1 is 1.16 bits per heavy atom. The van der Waals surface area contributed by atoms with Crippen LogP contribution in [0.3, 0.4) is 0 Å². The number of piperidine rings is 1. The molecule has 1 heterocycles. The van der Waals surface area contributed by atoms with Crippen LogP contribution in [0.1, 0.15) is 72.6 Å². The Labute approximate surface area is 153 Å². The summed E-state index contributed by atoms with van der Waals surface area (Å²) in [6.45, 7) is 10.4. The largest absolute Gasteiger partial charge is 0.376 e. The van der Waals surface area contributed by atoms with Gasteiger partial charge in [-0.1, -0.05) is 27.2 Å². The minimum absolute atomic E-state index is 0.202. The maximum atomic E-state index is 12.5. The smallest absolute Gasteiger partial charge is 0.222 e. The van der Waals surface area contributed by atoms with E-state index in [0.717, 1.165) is 37.2 Å². The highest BCUT2D eigenvalue weighted by molar-refractivity contribution is 5.77. The molecule has 0 aromatic rings. The van der Waals surface area contributed by atoms with E-state index in [-0.39, 0.29) is 17.6 Å². The summed E-state index contributed by atoms with van der Waals surface area (Å²) in [7, 11) is 2.03. The molecule has 4 aliphatic rings. The van der Waals surface area contributed by atoms with Crippen LogP contribution in [0.2, 0.25) is 0 Å². The predicted octanol–water partition coefficient (Wildman–Crippen LogP) is 4.50. The predicted molar refractivity (Wildman–Crippen MR) is 100 cm³/mol.